The van der Waals surface area contributed by atoms with E-state index in [1.165, 1.54) is 24.9 Å². The Hall–Kier alpha value is -0.860. The highest BCUT2D eigenvalue weighted by Gasteiger charge is 2.28. The predicted octanol–water partition coefficient (Wildman–Crippen LogP) is 3.85. The highest BCUT2D eigenvalue weighted by Crippen LogP contribution is 2.32. The monoisotopic (exact) mass is 274 g/mol. The Morgan fingerprint density at radius 1 is 1.20 bits per heavy atom. The second kappa shape index (κ2) is 6.73. The zero-order valence-corrected chi connectivity index (χ0v) is 13.5. The number of nitrogens with zero attached hydrogens (tertiary/aromatic N) is 1. The zero-order chi connectivity index (χ0) is 14.6. The molecule has 0 heterocycles. The molecule has 1 aromatic carbocycles. The molecule has 2 heteroatoms. The fourth-order valence-electron chi connectivity index (χ4n) is 2.64. The van der Waals surface area contributed by atoms with Gasteiger partial charge < -0.3 is 5.32 Å². The van der Waals surface area contributed by atoms with Crippen molar-refractivity contribution in [3.05, 3.63) is 35.9 Å². The molecule has 0 spiro atoms. The third kappa shape index (κ3) is 4.92. The van der Waals surface area contributed by atoms with Gasteiger partial charge in [-0.25, -0.2) is 0 Å². The van der Waals surface area contributed by atoms with Gasteiger partial charge in [-0.3, -0.25) is 4.90 Å². The Morgan fingerprint density at radius 2 is 1.85 bits per heavy atom. The van der Waals surface area contributed by atoms with Crippen LogP contribution < -0.4 is 5.32 Å². The quantitative estimate of drug-likeness (QED) is 0.812. The third-order valence-electron chi connectivity index (χ3n) is 4.05. The topological polar surface area (TPSA) is 15.3 Å². The van der Waals surface area contributed by atoms with Crippen molar-refractivity contribution in [1.29, 1.82) is 0 Å². The number of benzene rings is 1. The fourth-order valence-corrected chi connectivity index (χ4v) is 2.64. The van der Waals surface area contributed by atoms with Gasteiger partial charge in [-0.15, -0.1) is 0 Å². The second-order valence-electron chi connectivity index (χ2n) is 7.09. The lowest BCUT2D eigenvalue weighted by atomic mass is 10.0. The molecule has 1 unspecified atom stereocenters. The molecule has 1 atom stereocenters. The van der Waals surface area contributed by atoms with Crippen LogP contribution in [0.1, 0.15) is 52.1 Å². The zero-order valence-electron chi connectivity index (χ0n) is 13.5. The molecule has 2 nitrogen and oxygen atoms in total. The number of likely N-dealkylation sites (N-methyl/N-ethyl adjacent to an activating group) is 1. The van der Waals surface area contributed by atoms with Gasteiger partial charge in [0.05, 0.1) is 0 Å². The van der Waals surface area contributed by atoms with Crippen LogP contribution in [0.2, 0.25) is 0 Å². The summed E-state index contributed by atoms with van der Waals surface area (Å²) < 4.78 is 0. The van der Waals surface area contributed by atoms with Crippen LogP contribution in [0.4, 0.5) is 0 Å². The Kier molecular flexibility index (Phi) is 5.22. The molecule has 112 valence electrons. The Morgan fingerprint density at radius 3 is 2.35 bits per heavy atom. The molecular weight excluding hydrogens is 244 g/mol. The van der Waals surface area contributed by atoms with Crippen LogP contribution in [0.15, 0.2) is 30.3 Å². The summed E-state index contributed by atoms with van der Waals surface area (Å²) in [4.78, 5) is 2.64. The third-order valence-corrected chi connectivity index (χ3v) is 4.05. The number of hydrogen-bond donors (Lipinski definition) is 1. The number of nitrogens with one attached hydrogen (secondary N) is 1. The Labute approximate surface area is 124 Å². The number of hydrogen-bond acceptors (Lipinski definition) is 2. The maximum Gasteiger partial charge on any atom is 0.0472 e. The van der Waals surface area contributed by atoms with Crippen molar-refractivity contribution in [1.82, 2.24) is 10.2 Å². The van der Waals surface area contributed by atoms with E-state index in [2.05, 4.69) is 68.2 Å². The minimum atomic E-state index is 0.173. The Bertz CT molecular complexity index is 390. The average Bonchev–Trinajstić information content (AvgIpc) is 3.21. The van der Waals surface area contributed by atoms with E-state index in [0.29, 0.717) is 6.04 Å². The predicted molar refractivity (Wildman–Crippen MR) is 86.9 cm³/mol. The standard InChI is InChI=1S/C18H30N2/c1-5-20(14-15-11-12-15)17(13-19-18(2,3)4)16-9-7-6-8-10-16/h6-10,15,17,19H,5,11-14H2,1-4H3. The van der Waals surface area contributed by atoms with Crippen molar-refractivity contribution < 1.29 is 0 Å². The van der Waals surface area contributed by atoms with Crippen LogP contribution in [0.25, 0.3) is 0 Å². The van der Waals surface area contributed by atoms with Crippen LogP contribution in [0, 0.1) is 5.92 Å². The highest BCUT2D eigenvalue weighted by atomic mass is 15.2. The van der Waals surface area contributed by atoms with Crippen LogP contribution in [0.5, 0.6) is 0 Å². The minimum absolute atomic E-state index is 0.173. The summed E-state index contributed by atoms with van der Waals surface area (Å²) in [5.74, 6) is 0.941. The first-order valence-corrected chi connectivity index (χ1v) is 8.03. The first-order valence-electron chi connectivity index (χ1n) is 8.03. The molecule has 1 N–H and O–H groups in total. The van der Waals surface area contributed by atoms with Crippen molar-refractivity contribution in [3.8, 4) is 0 Å². The van der Waals surface area contributed by atoms with Crippen LogP contribution in [-0.2, 0) is 0 Å². The highest BCUT2D eigenvalue weighted by molar-refractivity contribution is 5.19. The van der Waals surface area contributed by atoms with Gasteiger partial charge >= 0.3 is 0 Å². The normalized spacial score (nSPS) is 17.4. The van der Waals surface area contributed by atoms with Gasteiger partial charge in [0.15, 0.2) is 0 Å². The fraction of sp³-hybridized carbons (Fsp3) is 0.667. The molecule has 20 heavy (non-hydrogen) atoms. The summed E-state index contributed by atoms with van der Waals surface area (Å²) in [5.41, 5.74) is 1.61. The Balaban J connectivity index is 2.09. The molecule has 1 aliphatic carbocycles. The molecule has 0 amide bonds. The first-order chi connectivity index (χ1) is 9.49. The SMILES string of the molecule is CCN(CC1CC1)C(CNC(C)(C)C)c1ccccc1. The lowest BCUT2D eigenvalue weighted by Crippen LogP contribution is -2.43. The second-order valence-corrected chi connectivity index (χ2v) is 7.09. The van der Waals surface area contributed by atoms with E-state index in [4.69, 9.17) is 0 Å². The molecule has 0 aliphatic heterocycles. The van der Waals surface area contributed by atoms with Gasteiger partial charge in [-0.2, -0.15) is 0 Å². The van der Waals surface area contributed by atoms with Gasteiger partial charge in [0.25, 0.3) is 0 Å². The van der Waals surface area contributed by atoms with E-state index in [1.807, 2.05) is 0 Å². The minimum Gasteiger partial charge on any atom is -0.310 e. The van der Waals surface area contributed by atoms with Crippen molar-refractivity contribution >= 4 is 0 Å². The van der Waals surface area contributed by atoms with Crippen molar-refractivity contribution in [2.75, 3.05) is 19.6 Å². The van der Waals surface area contributed by atoms with E-state index in [0.717, 1.165) is 19.0 Å². The van der Waals surface area contributed by atoms with E-state index in [9.17, 15) is 0 Å². The van der Waals surface area contributed by atoms with Gasteiger partial charge in [0.2, 0.25) is 0 Å². The smallest absolute Gasteiger partial charge is 0.0472 e. The molecule has 2 rings (SSSR count). The lowest BCUT2D eigenvalue weighted by molar-refractivity contribution is 0.184. The first kappa shape index (κ1) is 15.5. The molecule has 1 aliphatic rings. The van der Waals surface area contributed by atoms with E-state index >= 15 is 0 Å². The van der Waals surface area contributed by atoms with Crippen molar-refractivity contribution in [3.63, 3.8) is 0 Å². The number of rotatable bonds is 7. The average molecular weight is 274 g/mol. The maximum atomic E-state index is 3.69. The van der Waals surface area contributed by atoms with E-state index < -0.39 is 0 Å². The molecule has 0 bridgehead atoms. The summed E-state index contributed by atoms with van der Waals surface area (Å²) in [7, 11) is 0. The van der Waals surface area contributed by atoms with E-state index in [-0.39, 0.29) is 5.54 Å². The summed E-state index contributed by atoms with van der Waals surface area (Å²) in [6.07, 6.45) is 2.84. The summed E-state index contributed by atoms with van der Waals surface area (Å²) in [5, 5.41) is 3.69. The molecule has 1 saturated carbocycles. The molecule has 0 radical (unpaired) electrons. The molecular formula is C18H30N2. The van der Waals surface area contributed by atoms with Crippen LogP contribution in [-0.4, -0.2) is 30.1 Å². The van der Waals surface area contributed by atoms with Crippen molar-refractivity contribution in [2.45, 2.75) is 52.1 Å². The summed E-state index contributed by atoms with van der Waals surface area (Å²) >= 11 is 0. The van der Waals surface area contributed by atoms with Crippen molar-refractivity contribution in [2.24, 2.45) is 5.92 Å². The van der Waals surface area contributed by atoms with Crippen LogP contribution >= 0.6 is 0 Å². The molecule has 1 aromatic rings. The molecule has 0 aromatic heterocycles. The van der Waals surface area contributed by atoms with E-state index in [1.54, 1.807) is 0 Å². The summed E-state index contributed by atoms with van der Waals surface area (Å²) in [6.45, 7) is 12.4. The van der Waals surface area contributed by atoms with Gasteiger partial charge in [-0.05, 0) is 51.6 Å². The van der Waals surface area contributed by atoms with Crippen LogP contribution in [0.3, 0.4) is 0 Å². The maximum absolute atomic E-state index is 3.69. The molecule has 1 fully saturated rings. The van der Waals surface area contributed by atoms with Gasteiger partial charge in [0.1, 0.15) is 0 Å². The summed E-state index contributed by atoms with van der Waals surface area (Å²) in [6, 6.07) is 11.4. The van der Waals surface area contributed by atoms with Gasteiger partial charge in [0, 0.05) is 24.7 Å². The molecule has 0 saturated heterocycles. The van der Waals surface area contributed by atoms with Gasteiger partial charge in [-0.1, -0.05) is 37.3 Å². The lowest BCUT2D eigenvalue weighted by Gasteiger charge is -2.34. The largest absolute Gasteiger partial charge is 0.310 e.